The number of carbonyl (C=O) groups excluding carboxylic acids is 1. The maximum atomic E-state index is 12.4. The van der Waals surface area contributed by atoms with Crippen LogP contribution in [0.3, 0.4) is 0 Å². The average molecular weight is 299 g/mol. The molecule has 1 rings (SSSR count). The molecule has 0 fully saturated rings. The lowest BCUT2D eigenvalue weighted by Crippen LogP contribution is -2.33. The molecule has 0 saturated heterocycles. The summed E-state index contributed by atoms with van der Waals surface area (Å²) in [5.74, 6) is 0.0688. The average Bonchev–Trinajstić information content (AvgIpc) is 2.69. The fourth-order valence-electron chi connectivity index (χ4n) is 1.78. The second kappa shape index (κ2) is 6.64. The van der Waals surface area contributed by atoms with Crippen LogP contribution in [-0.2, 0) is 6.54 Å². The molecule has 0 aliphatic heterocycles. The van der Waals surface area contributed by atoms with Crippen molar-refractivity contribution in [2.24, 2.45) is 0 Å². The third kappa shape index (κ3) is 3.46. The number of rotatable bonds is 6. The molecule has 0 aromatic carbocycles. The summed E-state index contributed by atoms with van der Waals surface area (Å²) in [7, 11) is 0. The molecule has 17 heavy (non-hydrogen) atoms. The largest absolute Gasteiger partial charge is 0.343 e. The molecular weight excluding hydrogens is 280 g/mol. The molecule has 4 heteroatoms. The summed E-state index contributed by atoms with van der Waals surface area (Å²) in [6.07, 6.45) is 4.65. The van der Waals surface area contributed by atoms with Gasteiger partial charge in [0.15, 0.2) is 0 Å². The summed E-state index contributed by atoms with van der Waals surface area (Å²) < 4.78 is 2.90. The van der Waals surface area contributed by atoms with Crippen molar-refractivity contribution < 1.29 is 4.79 Å². The normalized spacial score (nSPS) is 10.3. The number of amides is 1. The van der Waals surface area contributed by atoms with E-state index in [4.69, 9.17) is 0 Å². The van der Waals surface area contributed by atoms with Crippen molar-refractivity contribution >= 4 is 21.8 Å². The highest BCUT2D eigenvalue weighted by atomic mass is 79.9. The summed E-state index contributed by atoms with van der Waals surface area (Å²) in [5.41, 5.74) is 0.731. The fourth-order valence-corrected chi connectivity index (χ4v) is 2.24. The third-order valence-electron chi connectivity index (χ3n) is 2.55. The van der Waals surface area contributed by atoms with E-state index < -0.39 is 0 Å². The molecule has 1 heterocycles. The zero-order valence-corrected chi connectivity index (χ0v) is 12.0. The van der Waals surface area contributed by atoms with E-state index in [0.29, 0.717) is 6.54 Å². The van der Waals surface area contributed by atoms with E-state index in [2.05, 4.69) is 29.4 Å². The van der Waals surface area contributed by atoms with Gasteiger partial charge in [0, 0.05) is 30.3 Å². The minimum atomic E-state index is 0.0688. The first kappa shape index (κ1) is 14.0. The van der Waals surface area contributed by atoms with Crippen LogP contribution >= 0.6 is 15.9 Å². The van der Waals surface area contributed by atoms with Gasteiger partial charge in [0.1, 0.15) is 5.69 Å². The van der Waals surface area contributed by atoms with Crippen LogP contribution in [0.25, 0.3) is 0 Å². The molecule has 0 aliphatic rings. The predicted molar refractivity (Wildman–Crippen MR) is 74.2 cm³/mol. The maximum Gasteiger partial charge on any atom is 0.270 e. The van der Waals surface area contributed by atoms with E-state index in [9.17, 15) is 4.79 Å². The first-order valence-corrected chi connectivity index (χ1v) is 6.69. The highest BCUT2D eigenvalue weighted by molar-refractivity contribution is 9.10. The van der Waals surface area contributed by atoms with Gasteiger partial charge in [0.25, 0.3) is 5.91 Å². The van der Waals surface area contributed by atoms with E-state index in [1.54, 1.807) is 6.08 Å². The van der Waals surface area contributed by atoms with Crippen LogP contribution in [0.15, 0.2) is 29.4 Å². The Balaban J connectivity index is 2.95. The molecule has 3 nitrogen and oxygen atoms in total. The first-order chi connectivity index (χ1) is 8.13. The highest BCUT2D eigenvalue weighted by Crippen LogP contribution is 2.17. The quantitative estimate of drug-likeness (QED) is 0.740. The summed E-state index contributed by atoms with van der Waals surface area (Å²) in [4.78, 5) is 14.2. The van der Waals surface area contributed by atoms with Crippen molar-refractivity contribution in [3.8, 4) is 0 Å². The molecular formula is C13H19BrN2O. The van der Waals surface area contributed by atoms with Gasteiger partial charge in [-0.2, -0.15) is 0 Å². The Hall–Kier alpha value is -1.03. The van der Waals surface area contributed by atoms with Gasteiger partial charge >= 0.3 is 0 Å². The second-order valence-electron chi connectivity index (χ2n) is 3.87. The van der Waals surface area contributed by atoms with E-state index in [1.807, 2.05) is 28.7 Å². The highest BCUT2D eigenvalue weighted by Gasteiger charge is 2.17. The number of aromatic nitrogens is 1. The fraction of sp³-hybridized carbons (Fsp3) is 0.462. The van der Waals surface area contributed by atoms with E-state index in [1.165, 1.54) is 0 Å². The number of hydrogen-bond acceptors (Lipinski definition) is 1. The molecule has 1 aromatic rings. The van der Waals surface area contributed by atoms with Gasteiger partial charge in [0.05, 0.1) is 0 Å². The summed E-state index contributed by atoms with van der Waals surface area (Å²) in [6, 6.07) is 1.87. The lowest BCUT2D eigenvalue weighted by molar-refractivity contribution is 0.0763. The zero-order valence-electron chi connectivity index (χ0n) is 10.4. The topological polar surface area (TPSA) is 25.2 Å². The number of hydrogen-bond donors (Lipinski definition) is 0. The van der Waals surface area contributed by atoms with Crippen LogP contribution in [0.5, 0.6) is 0 Å². The Morgan fingerprint density at radius 2 is 2.29 bits per heavy atom. The molecule has 94 valence electrons. The van der Waals surface area contributed by atoms with Crippen LogP contribution in [0, 0.1) is 0 Å². The summed E-state index contributed by atoms with van der Waals surface area (Å²) in [6.45, 7) is 9.94. The number of nitrogens with zero attached hydrogens (tertiary/aromatic N) is 2. The Bertz CT molecular complexity index is 398. The Morgan fingerprint density at radius 1 is 1.59 bits per heavy atom. The van der Waals surface area contributed by atoms with Crippen LogP contribution in [0.4, 0.5) is 0 Å². The molecule has 0 N–H and O–H groups in total. The van der Waals surface area contributed by atoms with Gasteiger partial charge < -0.3 is 9.47 Å². The molecule has 1 amide bonds. The van der Waals surface area contributed by atoms with Gasteiger partial charge in [-0.25, -0.2) is 0 Å². The predicted octanol–water partition coefficient (Wildman–Crippen LogP) is 3.31. The minimum absolute atomic E-state index is 0.0688. The van der Waals surface area contributed by atoms with Crippen molar-refractivity contribution in [2.45, 2.75) is 26.8 Å². The van der Waals surface area contributed by atoms with Crippen LogP contribution in [0.1, 0.15) is 30.8 Å². The zero-order chi connectivity index (χ0) is 12.8. The van der Waals surface area contributed by atoms with Crippen molar-refractivity contribution in [2.75, 3.05) is 13.1 Å². The van der Waals surface area contributed by atoms with Crippen molar-refractivity contribution in [1.82, 2.24) is 9.47 Å². The van der Waals surface area contributed by atoms with Crippen molar-refractivity contribution in [1.29, 1.82) is 0 Å². The van der Waals surface area contributed by atoms with Crippen LogP contribution < -0.4 is 0 Å². The van der Waals surface area contributed by atoms with Gasteiger partial charge in [-0.15, -0.1) is 6.58 Å². The molecule has 0 atom stereocenters. The Kier molecular flexibility index (Phi) is 5.48. The monoisotopic (exact) mass is 298 g/mol. The maximum absolute atomic E-state index is 12.4. The second-order valence-corrected chi connectivity index (χ2v) is 4.79. The molecule has 0 radical (unpaired) electrons. The summed E-state index contributed by atoms with van der Waals surface area (Å²) >= 11 is 3.41. The lowest BCUT2D eigenvalue weighted by Gasteiger charge is -2.20. The molecule has 0 aliphatic carbocycles. The van der Waals surface area contributed by atoms with Crippen LogP contribution in [-0.4, -0.2) is 28.5 Å². The summed E-state index contributed by atoms with van der Waals surface area (Å²) in [5, 5.41) is 0. The SMILES string of the molecule is C=CCN(CCC)C(=O)c1cc(Br)cn1CC. The molecule has 1 aromatic heterocycles. The Morgan fingerprint density at radius 3 is 2.82 bits per heavy atom. The van der Waals surface area contributed by atoms with E-state index >= 15 is 0 Å². The van der Waals surface area contributed by atoms with Gasteiger partial charge in [-0.1, -0.05) is 13.0 Å². The first-order valence-electron chi connectivity index (χ1n) is 5.89. The van der Waals surface area contributed by atoms with Crippen molar-refractivity contribution in [3.05, 3.63) is 35.1 Å². The molecule has 0 saturated carbocycles. The minimum Gasteiger partial charge on any atom is -0.343 e. The Labute approximate surface area is 111 Å². The van der Waals surface area contributed by atoms with E-state index in [0.717, 1.165) is 29.7 Å². The van der Waals surface area contributed by atoms with Gasteiger partial charge in [0.2, 0.25) is 0 Å². The van der Waals surface area contributed by atoms with Gasteiger partial charge in [-0.05, 0) is 35.3 Å². The third-order valence-corrected chi connectivity index (χ3v) is 2.99. The number of carbonyl (C=O) groups is 1. The lowest BCUT2D eigenvalue weighted by atomic mass is 10.3. The van der Waals surface area contributed by atoms with Gasteiger partial charge in [-0.3, -0.25) is 4.79 Å². The molecule has 0 unspecified atom stereocenters. The van der Waals surface area contributed by atoms with Crippen molar-refractivity contribution in [3.63, 3.8) is 0 Å². The molecule has 0 bridgehead atoms. The smallest absolute Gasteiger partial charge is 0.270 e. The standard InChI is InChI=1S/C13H19BrN2O/c1-4-7-16(8-5-2)13(17)12-9-11(14)10-15(12)6-3/h4,9-10H,1,5-8H2,2-3H3. The molecule has 0 spiro atoms. The number of halogens is 1. The van der Waals surface area contributed by atoms with Crippen LogP contribution in [0.2, 0.25) is 0 Å². The number of aryl methyl sites for hydroxylation is 1. The van der Waals surface area contributed by atoms with E-state index in [-0.39, 0.29) is 5.91 Å².